The van der Waals surface area contributed by atoms with E-state index in [4.69, 9.17) is 0 Å². The van der Waals surface area contributed by atoms with Crippen LogP contribution in [-0.4, -0.2) is 8.75 Å². The van der Waals surface area contributed by atoms with Gasteiger partial charge in [0.1, 0.15) is 11.0 Å². The van der Waals surface area contributed by atoms with Crippen LogP contribution >= 0.6 is 11.7 Å². The van der Waals surface area contributed by atoms with Gasteiger partial charge < -0.3 is 17.0 Å². The molecule has 0 unspecified atom stereocenters. The first-order chi connectivity index (χ1) is 7.92. The molecule has 0 radical (unpaired) electrons. The van der Waals surface area contributed by atoms with E-state index in [1.54, 1.807) is 0 Å². The Morgan fingerprint density at radius 3 is 2.59 bits per heavy atom. The monoisotopic (exact) mass is 307 g/mol. The highest BCUT2D eigenvalue weighted by Crippen LogP contribution is 2.13. The number of aromatic nitrogens is 3. The summed E-state index contributed by atoms with van der Waals surface area (Å²) in [4.78, 5) is 0. The van der Waals surface area contributed by atoms with Crippen molar-refractivity contribution in [2.75, 3.05) is 0 Å². The summed E-state index contributed by atoms with van der Waals surface area (Å²) in [6.45, 7) is 0.869. The van der Waals surface area contributed by atoms with E-state index < -0.39 is 0 Å². The zero-order valence-electron chi connectivity index (χ0n) is 8.95. The van der Waals surface area contributed by atoms with Crippen molar-refractivity contribution in [1.82, 2.24) is 8.75 Å². The molecule has 0 atom stereocenters. The maximum Gasteiger partial charge on any atom is 0.173 e. The summed E-state index contributed by atoms with van der Waals surface area (Å²) in [5, 5.41) is 0. The lowest BCUT2D eigenvalue weighted by Crippen LogP contribution is -3.00. The zero-order chi connectivity index (χ0) is 10.8. The number of halogens is 1. The molecule has 3 nitrogen and oxygen atoms in total. The van der Waals surface area contributed by atoms with Gasteiger partial charge >= 0.3 is 0 Å². The zero-order valence-corrected chi connectivity index (χ0v) is 11.4. The van der Waals surface area contributed by atoms with Crippen LogP contribution < -0.4 is 21.5 Å². The minimum Gasteiger partial charge on any atom is -1.00 e. The lowest BCUT2D eigenvalue weighted by Gasteiger charge is -1.96. The standard InChI is InChI=1S/C12H10N3S.BrH/c1-2-6-15(7-3-1)9-10-4-5-11-12(8-10)14-16-13-11;/h1-8H,9H2;1H/q+1;/p-1. The molecular weight excluding hydrogens is 298 g/mol. The molecule has 86 valence electrons. The van der Waals surface area contributed by atoms with Crippen LogP contribution in [0.5, 0.6) is 0 Å². The topological polar surface area (TPSA) is 29.7 Å². The minimum absolute atomic E-state index is 0. The summed E-state index contributed by atoms with van der Waals surface area (Å²) in [6.07, 6.45) is 4.12. The summed E-state index contributed by atoms with van der Waals surface area (Å²) in [7, 11) is 0. The van der Waals surface area contributed by atoms with Gasteiger partial charge in [-0.2, -0.15) is 8.75 Å². The summed E-state index contributed by atoms with van der Waals surface area (Å²) in [6, 6.07) is 12.3. The highest BCUT2D eigenvalue weighted by Gasteiger charge is 2.04. The third-order valence-electron chi connectivity index (χ3n) is 2.46. The first-order valence-electron chi connectivity index (χ1n) is 5.07. The summed E-state index contributed by atoms with van der Waals surface area (Å²) < 4.78 is 10.6. The molecule has 2 aromatic heterocycles. The molecule has 0 bridgehead atoms. The second-order valence-corrected chi connectivity index (χ2v) is 4.16. The molecule has 0 amide bonds. The van der Waals surface area contributed by atoms with Crippen LogP contribution in [0.25, 0.3) is 11.0 Å². The highest BCUT2D eigenvalue weighted by atomic mass is 79.9. The van der Waals surface area contributed by atoms with Crippen molar-refractivity contribution in [3.63, 3.8) is 0 Å². The van der Waals surface area contributed by atoms with E-state index in [0.717, 1.165) is 17.6 Å². The molecule has 0 saturated carbocycles. The Balaban J connectivity index is 0.00000108. The maximum atomic E-state index is 4.24. The smallest absolute Gasteiger partial charge is 0.173 e. The average molecular weight is 308 g/mol. The van der Waals surface area contributed by atoms with Crippen LogP contribution in [0.4, 0.5) is 0 Å². The Morgan fingerprint density at radius 2 is 1.76 bits per heavy atom. The molecule has 0 N–H and O–H groups in total. The SMILES string of the molecule is [Br-].c1cc[n+](Cc2ccc3nsnc3c2)cc1. The van der Waals surface area contributed by atoms with Crippen molar-refractivity contribution in [3.8, 4) is 0 Å². The van der Waals surface area contributed by atoms with E-state index in [2.05, 4.69) is 37.8 Å². The second kappa shape index (κ2) is 5.33. The number of pyridine rings is 1. The summed E-state index contributed by atoms with van der Waals surface area (Å²) in [5.74, 6) is 0. The molecule has 0 saturated heterocycles. The third-order valence-corrected chi connectivity index (χ3v) is 3.02. The van der Waals surface area contributed by atoms with Crippen molar-refractivity contribution >= 4 is 22.8 Å². The van der Waals surface area contributed by atoms with Crippen molar-refractivity contribution in [2.45, 2.75) is 6.54 Å². The van der Waals surface area contributed by atoms with Crippen LogP contribution in [0, 0.1) is 0 Å². The van der Waals surface area contributed by atoms with Gasteiger partial charge in [-0.25, -0.2) is 4.57 Å². The molecule has 3 aromatic rings. The molecule has 0 aliphatic heterocycles. The number of rotatable bonds is 2. The van der Waals surface area contributed by atoms with E-state index in [-0.39, 0.29) is 17.0 Å². The number of hydrogen-bond donors (Lipinski definition) is 0. The van der Waals surface area contributed by atoms with Crippen LogP contribution in [0.15, 0.2) is 48.8 Å². The van der Waals surface area contributed by atoms with Crippen LogP contribution in [-0.2, 0) is 6.54 Å². The Morgan fingerprint density at radius 1 is 1.00 bits per heavy atom. The Labute approximate surface area is 114 Å². The number of nitrogens with zero attached hydrogens (tertiary/aromatic N) is 3. The quantitative estimate of drug-likeness (QED) is 0.570. The lowest BCUT2D eigenvalue weighted by molar-refractivity contribution is -0.688. The van der Waals surface area contributed by atoms with Gasteiger partial charge in [-0.1, -0.05) is 12.1 Å². The molecule has 2 heterocycles. The van der Waals surface area contributed by atoms with Crippen molar-refractivity contribution in [3.05, 3.63) is 54.4 Å². The molecule has 5 heteroatoms. The molecule has 17 heavy (non-hydrogen) atoms. The summed E-state index contributed by atoms with van der Waals surface area (Å²) >= 11 is 1.26. The Hall–Kier alpha value is -1.33. The van der Waals surface area contributed by atoms with E-state index in [1.807, 2.05) is 24.3 Å². The van der Waals surface area contributed by atoms with E-state index in [9.17, 15) is 0 Å². The van der Waals surface area contributed by atoms with Gasteiger partial charge in [0.2, 0.25) is 0 Å². The molecule has 0 fully saturated rings. The first-order valence-corrected chi connectivity index (χ1v) is 5.80. The fourth-order valence-corrected chi connectivity index (χ4v) is 2.19. The van der Waals surface area contributed by atoms with Crippen LogP contribution in [0.3, 0.4) is 0 Å². The van der Waals surface area contributed by atoms with E-state index in [1.165, 1.54) is 17.3 Å². The lowest BCUT2D eigenvalue weighted by atomic mass is 10.2. The molecule has 0 spiro atoms. The highest BCUT2D eigenvalue weighted by molar-refractivity contribution is 7.00. The van der Waals surface area contributed by atoms with Gasteiger partial charge in [0.15, 0.2) is 18.9 Å². The van der Waals surface area contributed by atoms with Gasteiger partial charge in [0.25, 0.3) is 0 Å². The van der Waals surface area contributed by atoms with Crippen molar-refractivity contribution in [2.24, 2.45) is 0 Å². The third kappa shape index (κ3) is 2.68. The van der Waals surface area contributed by atoms with Crippen LogP contribution in [0.1, 0.15) is 5.56 Å². The molecule has 0 aliphatic rings. The Kier molecular flexibility index (Phi) is 3.81. The molecule has 0 aliphatic carbocycles. The maximum absolute atomic E-state index is 4.24. The Bertz CT molecular complexity index is 609. The normalized spacial score (nSPS) is 10.1. The van der Waals surface area contributed by atoms with E-state index >= 15 is 0 Å². The van der Waals surface area contributed by atoms with Gasteiger partial charge in [-0.3, -0.25) is 0 Å². The largest absolute Gasteiger partial charge is 1.00 e. The van der Waals surface area contributed by atoms with Crippen LogP contribution in [0.2, 0.25) is 0 Å². The fourth-order valence-electron chi connectivity index (χ4n) is 1.68. The summed E-state index contributed by atoms with van der Waals surface area (Å²) in [5.41, 5.74) is 3.21. The average Bonchev–Trinajstić information content (AvgIpc) is 2.77. The first kappa shape index (κ1) is 12.1. The minimum atomic E-state index is 0. The van der Waals surface area contributed by atoms with Gasteiger partial charge in [-0.15, -0.1) is 0 Å². The number of hydrogen-bond acceptors (Lipinski definition) is 3. The van der Waals surface area contributed by atoms with Gasteiger partial charge in [0.05, 0.1) is 11.7 Å². The van der Waals surface area contributed by atoms with Crippen molar-refractivity contribution in [1.29, 1.82) is 0 Å². The van der Waals surface area contributed by atoms with Gasteiger partial charge in [-0.05, 0) is 12.1 Å². The fraction of sp³-hybridized carbons (Fsp3) is 0.0833. The second-order valence-electron chi connectivity index (χ2n) is 3.64. The predicted octanol–water partition coefficient (Wildman–Crippen LogP) is -0.969. The van der Waals surface area contributed by atoms with Gasteiger partial charge in [0, 0.05) is 17.7 Å². The van der Waals surface area contributed by atoms with E-state index in [0.29, 0.717) is 0 Å². The molecule has 3 rings (SSSR count). The number of benzene rings is 1. The number of fused-ring (bicyclic) bond motifs is 1. The predicted molar refractivity (Wildman–Crippen MR) is 63.2 cm³/mol. The van der Waals surface area contributed by atoms with Crippen molar-refractivity contribution < 1.29 is 21.5 Å². The molecular formula is C12H10BrN3S. The molecule has 1 aromatic carbocycles.